The maximum Gasteiger partial charge on any atom is 0.217 e. The van der Waals surface area contributed by atoms with Gasteiger partial charge in [-0.25, -0.2) is 0 Å². The van der Waals surface area contributed by atoms with Crippen LogP contribution in [0.4, 0.5) is 0 Å². The summed E-state index contributed by atoms with van der Waals surface area (Å²) in [6.07, 6.45) is 1.68. The number of hydrogen-bond donors (Lipinski definition) is 1. The number of fused-ring (bicyclic) bond motifs is 2. The molecule has 0 saturated carbocycles. The van der Waals surface area contributed by atoms with Crippen LogP contribution in [0.25, 0.3) is 0 Å². The SMILES string of the molecule is CN1C2CCC1C(=S(=O)=O)C(O)C2. The molecule has 0 amide bonds. The number of nitrogens with zero attached hydrogens (tertiary/aromatic N) is 1. The molecule has 2 bridgehead atoms. The van der Waals surface area contributed by atoms with Crippen LogP contribution in [0.1, 0.15) is 19.3 Å². The molecule has 3 atom stereocenters. The van der Waals surface area contributed by atoms with Gasteiger partial charge in [0.05, 0.1) is 11.0 Å². The lowest BCUT2D eigenvalue weighted by molar-refractivity contribution is 0.144. The second kappa shape index (κ2) is 3.08. The highest BCUT2D eigenvalue weighted by atomic mass is 32.2. The first kappa shape index (κ1) is 9.18. The Morgan fingerprint density at radius 2 is 2.15 bits per heavy atom. The lowest BCUT2D eigenvalue weighted by Gasteiger charge is -2.34. The molecule has 2 aliphatic rings. The zero-order valence-electron chi connectivity index (χ0n) is 7.47. The van der Waals surface area contributed by atoms with Crippen molar-refractivity contribution in [3.63, 3.8) is 0 Å². The Morgan fingerprint density at radius 1 is 1.46 bits per heavy atom. The monoisotopic (exact) mass is 203 g/mol. The third-order valence-corrected chi connectivity index (χ3v) is 4.11. The number of rotatable bonds is 0. The molecular weight excluding hydrogens is 190 g/mol. The average molecular weight is 203 g/mol. The molecule has 1 N–H and O–H groups in total. The summed E-state index contributed by atoms with van der Waals surface area (Å²) >= 11 is 0. The molecule has 2 heterocycles. The fraction of sp³-hybridized carbons (Fsp3) is 0.875. The fourth-order valence-corrected chi connectivity index (χ4v) is 3.28. The van der Waals surface area contributed by atoms with Crippen molar-refractivity contribution in [3.05, 3.63) is 0 Å². The van der Waals surface area contributed by atoms with Gasteiger partial charge in [-0.1, -0.05) is 0 Å². The summed E-state index contributed by atoms with van der Waals surface area (Å²) < 4.78 is 21.7. The molecule has 2 saturated heterocycles. The zero-order valence-corrected chi connectivity index (χ0v) is 8.29. The van der Waals surface area contributed by atoms with Gasteiger partial charge < -0.3 is 5.11 Å². The Hall–Kier alpha value is -0.390. The molecule has 0 aromatic rings. The molecule has 4 nitrogen and oxygen atoms in total. The second-order valence-electron chi connectivity index (χ2n) is 3.80. The molecule has 0 aromatic carbocycles. The number of aliphatic hydroxyl groups excluding tert-OH is 1. The summed E-state index contributed by atoms with van der Waals surface area (Å²) in [6.45, 7) is 0. The predicted molar refractivity (Wildman–Crippen MR) is 49.1 cm³/mol. The van der Waals surface area contributed by atoms with Crippen molar-refractivity contribution in [3.8, 4) is 0 Å². The van der Waals surface area contributed by atoms with Crippen LogP contribution in [0.2, 0.25) is 0 Å². The molecule has 0 aliphatic carbocycles. The zero-order chi connectivity index (χ0) is 9.59. The number of piperidine rings is 1. The minimum atomic E-state index is -2.23. The fourth-order valence-electron chi connectivity index (χ4n) is 2.46. The quantitative estimate of drug-likeness (QED) is 0.527. The third-order valence-electron chi connectivity index (χ3n) is 3.19. The smallest absolute Gasteiger partial charge is 0.217 e. The standard InChI is InChI=1S/C8H13NO3S/c1-9-5-2-3-6(9)8(13(11)12)7(10)4-5/h5-7,10H,2-4H2,1H3. The summed E-state index contributed by atoms with van der Waals surface area (Å²) in [6, 6.07) is 0.319. The lowest BCUT2D eigenvalue weighted by Crippen LogP contribution is -2.49. The van der Waals surface area contributed by atoms with Crippen LogP contribution in [0.15, 0.2) is 0 Å². The van der Waals surface area contributed by atoms with E-state index in [1.165, 1.54) is 0 Å². The Balaban J connectivity index is 2.44. The summed E-state index contributed by atoms with van der Waals surface area (Å²) in [4.78, 5) is 2.36. The van der Waals surface area contributed by atoms with Gasteiger partial charge in [-0.05, 0) is 26.3 Å². The highest BCUT2D eigenvalue weighted by Crippen LogP contribution is 2.32. The van der Waals surface area contributed by atoms with E-state index in [9.17, 15) is 13.5 Å². The summed E-state index contributed by atoms with van der Waals surface area (Å²) in [7, 11) is -0.299. The lowest BCUT2D eigenvalue weighted by atomic mass is 10.0. The minimum Gasteiger partial charge on any atom is -0.388 e. The minimum absolute atomic E-state index is 0.0490. The van der Waals surface area contributed by atoms with Gasteiger partial charge in [0, 0.05) is 12.1 Å². The molecule has 0 radical (unpaired) electrons. The van der Waals surface area contributed by atoms with E-state index in [1.54, 1.807) is 0 Å². The van der Waals surface area contributed by atoms with Gasteiger partial charge in [-0.15, -0.1) is 0 Å². The van der Waals surface area contributed by atoms with Crippen molar-refractivity contribution in [1.29, 1.82) is 0 Å². The maximum absolute atomic E-state index is 10.9. The van der Waals surface area contributed by atoms with Gasteiger partial charge >= 0.3 is 0 Å². The summed E-state index contributed by atoms with van der Waals surface area (Å²) in [5, 5.41) is 9.58. The van der Waals surface area contributed by atoms with Gasteiger partial charge in [0.15, 0.2) is 0 Å². The first-order chi connectivity index (χ1) is 6.11. The van der Waals surface area contributed by atoms with Crippen molar-refractivity contribution in [2.75, 3.05) is 7.05 Å². The average Bonchev–Trinajstić information content (AvgIpc) is 2.34. The molecule has 0 spiro atoms. The Bertz CT molecular complexity index is 340. The van der Waals surface area contributed by atoms with Crippen molar-refractivity contribution in [1.82, 2.24) is 4.90 Å². The molecule has 13 heavy (non-hydrogen) atoms. The molecule has 2 rings (SSSR count). The third kappa shape index (κ3) is 1.31. The van der Waals surface area contributed by atoms with E-state index < -0.39 is 16.4 Å². The van der Waals surface area contributed by atoms with Gasteiger partial charge in [-0.3, -0.25) is 4.90 Å². The highest BCUT2D eigenvalue weighted by molar-refractivity contribution is 7.73. The first-order valence-electron chi connectivity index (χ1n) is 4.47. The largest absolute Gasteiger partial charge is 0.388 e. The van der Waals surface area contributed by atoms with Crippen molar-refractivity contribution in [2.24, 2.45) is 0 Å². The topological polar surface area (TPSA) is 57.6 Å². The molecular formula is C8H13NO3S. The van der Waals surface area contributed by atoms with Gasteiger partial charge in [0.1, 0.15) is 0 Å². The van der Waals surface area contributed by atoms with Crippen LogP contribution in [-0.4, -0.2) is 48.5 Å². The van der Waals surface area contributed by atoms with Crippen LogP contribution in [0.3, 0.4) is 0 Å². The van der Waals surface area contributed by atoms with E-state index >= 15 is 0 Å². The van der Waals surface area contributed by atoms with Crippen molar-refractivity contribution in [2.45, 2.75) is 37.5 Å². The Morgan fingerprint density at radius 3 is 2.77 bits per heavy atom. The summed E-state index contributed by atoms with van der Waals surface area (Å²) in [5.74, 6) is 0. The van der Waals surface area contributed by atoms with E-state index in [-0.39, 0.29) is 10.9 Å². The van der Waals surface area contributed by atoms with Gasteiger partial charge in [0.2, 0.25) is 10.3 Å². The highest BCUT2D eigenvalue weighted by Gasteiger charge is 2.43. The van der Waals surface area contributed by atoms with Gasteiger partial charge in [-0.2, -0.15) is 8.42 Å². The van der Waals surface area contributed by atoms with E-state index in [0.717, 1.165) is 12.8 Å². The Kier molecular flexibility index (Phi) is 2.17. The van der Waals surface area contributed by atoms with Crippen molar-refractivity contribution < 1.29 is 13.5 Å². The van der Waals surface area contributed by atoms with E-state index in [4.69, 9.17) is 0 Å². The molecule has 3 unspecified atom stereocenters. The van der Waals surface area contributed by atoms with Crippen LogP contribution in [0.5, 0.6) is 0 Å². The van der Waals surface area contributed by atoms with E-state index in [2.05, 4.69) is 4.90 Å². The van der Waals surface area contributed by atoms with E-state index in [0.29, 0.717) is 12.5 Å². The molecule has 74 valence electrons. The van der Waals surface area contributed by atoms with Crippen LogP contribution in [0, 0.1) is 0 Å². The molecule has 2 fully saturated rings. The second-order valence-corrected chi connectivity index (χ2v) is 4.74. The van der Waals surface area contributed by atoms with Crippen molar-refractivity contribution >= 4 is 15.2 Å². The van der Waals surface area contributed by atoms with Crippen LogP contribution < -0.4 is 0 Å². The van der Waals surface area contributed by atoms with Crippen LogP contribution >= 0.6 is 0 Å². The summed E-state index contributed by atoms with van der Waals surface area (Å²) in [5.41, 5.74) is 0. The van der Waals surface area contributed by atoms with Gasteiger partial charge in [0.25, 0.3) is 0 Å². The predicted octanol–water partition coefficient (Wildman–Crippen LogP) is -0.735. The molecule has 2 aliphatic heterocycles. The maximum atomic E-state index is 10.9. The Labute approximate surface area is 78.7 Å². The number of hydrogen-bond acceptors (Lipinski definition) is 4. The first-order valence-corrected chi connectivity index (χ1v) is 5.54. The molecule has 5 heteroatoms. The van der Waals surface area contributed by atoms with E-state index in [1.807, 2.05) is 7.05 Å². The number of aliphatic hydroxyl groups is 1. The molecule has 0 aromatic heterocycles. The normalized spacial score (nSPS) is 39.5. The van der Waals surface area contributed by atoms with Crippen LogP contribution in [-0.2, 0) is 10.3 Å².